The van der Waals surface area contributed by atoms with Crippen LogP contribution in [-0.4, -0.2) is 10.7 Å². The van der Waals surface area contributed by atoms with Crippen molar-refractivity contribution in [1.82, 2.24) is 0 Å². The fourth-order valence-corrected chi connectivity index (χ4v) is 1.88. The van der Waals surface area contributed by atoms with Crippen molar-refractivity contribution >= 4 is 0 Å². The van der Waals surface area contributed by atoms with Crippen molar-refractivity contribution in [2.75, 3.05) is 0 Å². The highest BCUT2D eigenvalue weighted by Crippen LogP contribution is 2.46. The minimum Gasteiger partial charge on any atom is -0.389 e. The summed E-state index contributed by atoms with van der Waals surface area (Å²) < 4.78 is 0. The zero-order chi connectivity index (χ0) is 10.9. The van der Waals surface area contributed by atoms with E-state index in [2.05, 4.69) is 41.5 Å². The van der Waals surface area contributed by atoms with E-state index in [9.17, 15) is 5.11 Å². The standard InChI is InChI=1S/C12H26O/c1-8-9-11(5,6)12(7,13)10(2,3)4/h13H,8-9H2,1-7H3. The molecular weight excluding hydrogens is 160 g/mol. The second-order valence-electron chi connectivity index (χ2n) is 5.96. The second kappa shape index (κ2) is 3.61. The first-order chi connectivity index (χ1) is 5.56. The molecule has 0 spiro atoms. The number of hydrogen-bond donors (Lipinski definition) is 1. The highest BCUT2D eigenvalue weighted by atomic mass is 16.3. The normalized spacial score (nSPS) is 18.5. The minimum absolute atomic E-state index is 0.0139. The Morgan fingerprint density at radius 2 is 1.31 bits per heavy atom. The van der Waals surface area contributed by atoms with Crippen LogP contribution >= 0.6 is 0 Å². The average Bonchev–Trinajstić information content (AvgIpc) is 1.84. The molecule has 1 nitrogen and oxygen atoms in total. The summed E-state index contributed by atoms with van der Waals surface area (Å²) in [6, 6.07) is 0. The second-order valence-corrected chi connectivity index (χ2v) is 5.96. The van der Waals surface area contributed by atoms with E-state index >= 15 is 0 Å². The molecule has 0 radical (unpaired) electrons. The van der Waals surface area contributed by atoms with Gasteiger partial charge in [0, 0.05) is 0 Å². The molecule has 0 aromatic carbocycles. The molecule has 0 aliphatic rings. The topological polar surface area (TPSA) is 20.2 Å². The van der Waals surface area contributed by atoms with Crippen LogP contribution in [0.4, 0.5) is 0 Å². The number of aliphatic hydroxyl groups is 1. The van der Waals surface area contributed by atoms with Gasteiger partial charge >= 0.3 is 0 Å². The average molecular weight is 186 g/mol. The SMILES string of the molecule is CCCC(C)(C)C(C)(O)C(C)(C)C. The molecule has 13 heavy (non-hydrogen) atoms. The van der Waals surface area contributed by atoms with Gasteiger partial charge in [-0.25, -0.2) is 0 Å². The molecule has 80 valence electrons. The Labute approximate surface area is 83.5 Å². The van der Waals surface area contributed by atoms with E-state index < -0.39 is 5.60 Å². The van der Waals surface area contributed by atoms with Crippen LogP contribution in [0.5, 0.6) is 0 Å². The van der Waals surface area contributed by atoms with Crippen LogP contribution in [0.2, 0.25) is 0 Å². The Hall–Kier alpha value is -0.0400. The van der Waals surface area contributed by atoms with E-state index in [1.807, 2.05) is 6.92 Å². The molecule has 0 amide bonds. The maximum absolute atomic E-state index is 10.5. The molecule has 1 N–H and O–H groups in total. The molecule has 1 atom stereocenters. The van der Waals surface area contributed by atoms with Gasteiger partial charge in [-0.05, 0) is 24.2 Å². The molecular formula is C12H26O. The lowest BCUT2D eigenvalue weighted by Crippen LogP contribution is -2.51. The van der Waals surface area contributed by atoms with Gasteiger partial charge < -0.3 is 5.11 Å². The van der Waals surface area contributed by atoms with Crippen LogP contribution in [0, 0.1) is 10.8 Å². The molecule has 0 aliphatic carbocycles. The van der Waals surface area contributed by atoms with Crippen molar-refractivity contribution in [3.05, 3.63) is 0 Å². The Morgan fingerprint density at radius 3 is 1.54 bits per heavy atom. The van der Waals surface area contributed by atoms with Gasteiger partial charge in [-0.15, -0.1) is 0 Å². The summed E-state index contributed by atoms with van der Waals surface area (Å²) in [5.41, 5.74) is -0.693. The minimum atomic E-state index is -0.615. The fraction of sp³-hybridized carbons (Fsp3) is 1.00. The lowest BCUT2D eigenvalue weighted by Gasteiger charge is -2.49. The van der Waals surface area contributed by atoms with E-state index in [0.717, 1.165) is 12.8 Å². The molecule has 0 aromatic heterocycles. The molecule has 0 saturated carbocycles. The Morgan fingerprint density at radius 1 is 0.923 bits per heavy atom. The monoisotopic (exact) mass is 186 g/mol. The van der Waals surface area contributed by atoms with Gasteiger partial charge in [-0.1, -0.05) is 48.0 Å². The maximum Gasteiger partial charge on any atom is 0.0718 e. The van der Waals surface area contributed by atoms with Crippen molar-refractivity contribution in [3.8, 4) is 0 Å². The number of hydrogen-bond acceptors (Lipinski definition) is 1. The van der Waals surface area contributed by atoms with Crippen molar-refractivity contribution in [2.45, 2.75) is 66.9 Å². The summed E-state index contributed by atoms with van der Waals surface area (Å²) in [5.74, 6) is 0. The van der Waals surface area contributed by atoms with Gasteiger partial charge in [0.15, 0.2) is 0 Å². The van der Waals surface area contributed by atoms with Gasteiger partial charge in [0.2, 0.25) is 0 Å². The van der Waals surface area contributed by atoms with Crippen LogP contribution in [0.15, 0.2) is 0 Å². The summed E-state index contributed by atoms with van der Waals surface area (Å²) in [4.78, 5) is 0. The summed E-state index contributed by atoms with van der Waals surface area (Å²) in [5, 5.41) is 10.5. The molecule has 0 heterocycles. The summed E-state index contributed by atoms with van der Waals surface area (Å²) >= 11 is 0. The van der Waals surface area contributed by atoms with Gasteiger partial charge in [0.05, 0.1) is 5.60 Å². The van der Waals surface area contributed by atoms with Gasteiger partial charge in [0.25, 0.3) is 0 Å². The number of rotatable bonds is 3. The third-order valence-corrected chi connectivity index (χ3v) is 3.65. The molecule has 0 saturated heterocycles. The zero-order valence-electron chi connectivity index (χ0n) is 10.4. The largest absolute Gasteiger partial charge is 0.389 e. The predicted molar refractivity (Wildman–Crippen MR) is 58.8 cm³/mol. The molecule has 0 fully saturated rings. The van der Waals surface area contributed by atoms with Crippen molar-refractivity contribution in [2.24, 2.45) is 10.8 Å². The Bertz CT molecular complexity index is 160. The van der Waals surface area contributed by atoms with Crippen molar-refractivity contribution in [1.29, 1.82) is 0 Å². The van der Waals surface area contributed by atoms with E-state index in [-0.39, 0.29) is 10.8 Å². The third kappa shape index (κ3) is 2.46. The third-order valence-electron chi connectivity index (χ3n) is 3.65. The quantitative estimate of drug-likeness (QED) is 0.714. The van der Waals surface area contributed by atoms with E-state index in [4.69, 9.17) is 0 Å². The van der Waals surface area contributed by atoms with Gasteiger partial charge in [-0.3, -0.25) is 0 Å². The first-order valence-corrected chi connectivity index (χ1v) is 5.28. The first-order valence-electron chi connectivity index (χ1n) is 5.28. The van der Waals surface area contributed by atoms with Gasteiger partial charge in [-0.2, -0.15) is 0 Å². The fourth-order valence-electron chi connectivity index (χ4n) is 1.88. The van der Waals surface area contributed by atoms with Crippen LogP contribution in [0.3, 0.4) is 0 Å². The molecule has 1 unspecified atom stereocenters. The molecule has 0 aliphatic heterocycles. The first kappa shape index (κ1) is 13.0. The van der Waals surface area contributed by atoms with E-state index in [0.29, 0.717) is 0 Å². The molecule has 0 aromatic rings. The van der Waals surface area contributed by atoms with Crippen LogP contribution in [0.25, 0.3) is 0 Å². The summed E-state index contributed by atoms with van der Waals surface area (Å²) in [7, 11) is 0. The van der Waals surface area contributed by atoms with E-state index in [1.54, 1.807) is 0 Å². The van der Waals surface area contributed by atoms with Crippen LogP contribution < -0.4 is 0 Å². The van der Waals surface area contributed by atoms with E-state index in [1.165, 1.54) is 0 Å². The molecule has 0 rings (SSSR count). The lowest BCUT2D eigenvalue weighted by molar-refractivity contribution is -0.132. The zero-order valence-corrected chi connectivity index (χ0v) is 10.4. The smallest absolute Gasteiger partial charge is 0.0718 e. The Kier molecular flexibility index (Phi) is 3.59. The van der Waals surface area contributed by atoms with Crippen LogP contribution in [0.1, 0.15) is 61.3 Å². The summed E-state index contributed by atoms with van der Waals surface area (Å²) in [6.45, 7) is 14.7. The molecule has 0 bridgehead atoms. The predicted octanol–water partition coefficient (Wildman–Crippen LogP) is 3.61. The van der Waals surface area contributed by atoms with Crippen molar-refractivity contribution in [3.63, 3.8) is 0 Å². The highest BCUT2D eigenvalue weighted by molar-refractivity contribution is 4.97. The van der Waals surface area contributed by atoms with Crippen molar-refractivity contribution < 1.29 is 5.11 Å². The molecule has 1 heteroatoms. The highest BCUT2D eigenvalue weighted by Gasteiger charge is 2.46. The lowest BCUT2D eigenvalue weighted by atomic mass is 9.61. The summed E-state index contributed by atoms with van der Waals surface area (Å²) in [6.07, 6.45) is 2.19. The van der Waals surface area contributed by atoms with Gasteiger partial charge in [0.1, 0.15) is 0 Å². The Balaban J connectivity index is 4.81. The van der Waals surface area contributed by atoms with Crippen LogP contribution in [-0.2, 0) is 0 Å². The maximum atomic E-state index is 10.5.